The van der Waals surface area contributed by atoms with E-state index in [2.05, 4.69) is 14.5 Å². The van der Waals surface area contributed by atoms with Crippen molar-refractivity contribution in [1.82, 2.24) is 19.4 Å². The van der Waals surface area contributed by atoms with Gasteiger partial charge in [-0.2, -0.15) is 0 Å². The molecule has 3 heterocycles. The van der Waals surface area contributed by atoms with Crippen molar-refractivity contribution >= 4 is 28.4 Å². The molecule has 6 nitrogen and oxygen atoms in total. The number of imidazole rings is 1. The first-order valence-corrected chi connectivity index (χ1v) is 10.4. The Morgan fingerprint density at radius 1 is 1.33 bits per heavy atom. The maximum Gasteiger partial charge on any atom is 0.255 e. The molecule has 0 aliphatic heterocycles. The molecule has 7 heteroatoms. The molecule has 0 bridgehead atoms. The molecule has 1 aliphatic rings. The zero-order valence-electron chi connectivity index (χ0n) is 15.3. The molecule has 0 spiro atoms. The minimum Gasteiger partial charge on any atom is -0.396 e. The van der Waals surface area contributed by atoms with Gasteiger partial charge in [0.15, 0.2) is 5.65 Å². The van der Waals surface area contributed by atoms with Gasteiger partial charge in [-0.05, 0) is 36.8 Å². The number of pyridine rings is 1. The number of carbonyl (C=O) groups excluding carboxylic acids is 1. The van der Waals surface area contributed by atoms with Crippen LogP contribution >= 0.6 is 11.3 Å². The van der Waals surface area contributed by atoms with Gasteiger partial charge in [0.25, 0.3) is 5.91 Å². The van der Waals surface area contributed by atoms with E-state index >= 15 is 0 Å². The molecule has 0 radical (unpaired) electrons. The summed E-state index contributed by atoms with van der Waals surface area (Å²) in [5.74, 6) is -0.0679. The number of hydrogen-bond donors (Lipinski definition) is 1. The third-order valence-electron chi connectivity index (χ3n) is 5.18. The van der Waals surface area contributed by atoms with E-state index in [1.54, 1.807) is 22.4 Å². The van der Waals surface area contributed by atoms with E-state index < -0.39 is 0 Å². The molecule has 0 aromatic carbocycles. The number of fused-ring (bicyclic) bond motifs is 1. The van der Waals surface area contributed by atoms with Gasteiger partial charge in [-0.1, -0.05) is 18.9 Å². The van der Waals surface area contributed by atoms with Crippen molar-refractivity contribution in [1.29, 1.82) is 0 Å². The monoisotopic (exact) mass is 384 g/mol. The average molecular weight is 385 g/mol. The highest BCUT2D eigenvalue weighted by Gasteiger charge is 2.21. The van der Waals surface area contributed by atoms with E-state index in [4.69, 9.17) is 0 Å². The van der Waals surface area contributed by atoms with Crippen molar-refractivity contribution < 1.29 is 9.90 Å². The normalized spacial score (nSPS) is 14.9. The van der Waals surface area contributed by atoms with Crippen LogP contribution in [0.3, 0.4) is 0 Å². The van der Waals surface area contributed by atoms with Gasteiger partial charge in [0.1, 0.15) is 5.52 Å². The molecule has 1 aliphatic carbocycles. The summed E-state index contributed by atoms with van der Waals surface area (Å²) in [6, 6.07) is 6.33. The SMILES string of the molecule is O=C(c1cnc2c(c1)ncn2C1CCCC1)N(CCCO)Cc1cccs1. The van der Waals surface area contributed by atoms with E-state index in [1.165, 1.54) is 25.7 Å². The molecule has 3 aromatic heterocycles. The summed E-state index contributed by atoms with van der Waals surface area (Å²) in [5, 5.41) is 11.2. The van der Waals surface area contributed by atoms with E-state index in [0.29, 0.717) is 31.1 Å². The van der Waals surface area contributed by atoms with Crippen molar-refractivity contribution in [3.05, 3.63) is 46.5 Å². The molecule has 0 saturated heterocycles. The van der Waals surface area contributed by atoms with Crippen LogP contribution in [0.2, 0.25) is 0 Å². The Morgan fingerprint density at radius 3 is 2.93 bits per heavy atom. The number of aliphatic hydroxyl groups excluding tert-OH is 1. The lowest BCUT2D eigenvalue weighted by atomic mass is 10.2. The van der Waals surface area contributed by atoms with Crippen LogP contribution in [0.4, 0.5) is 0 Å². The number of hydrogen-bond acceptors (Lipinski definition) is 5. The standard InChI is InChI=1S/C20H24N4O2S/c25-9-4-8-23(13-17-7-3-10-27-17)20(26)15-11-18-19(21-12-15)24(14-22-18)16-5-1-2-6-16/h3,7,10-12,14,16,25H,1-2,4-6,8-9,13H2. The lowest BCUT2D eigenvalue weighted by Gasteiger charge is -2.22. The van der Waals surface area contributed by atoms with Gasteiger partial charge >= 0.3 is 0 Å². The summed E-state index contributed by atoms with van der Waals surface area (Å²) < 4.78 is 2.16. The van der Waals surface area contributed by atoms with Crippen molar-refractivity contribution in [2.75, 3.05) is 13.2 Å². The number of carbonyl (C=O) groups is 1. The van der Waals surface area contributed by atoms with Crippen LogP contribution in [0, 0.1) is 0 Å². The van der Waals surface area contributed by atoms with E-state index in [1.807, 2.05) is 29.9 Å². The summed E-state index contributed by atoms with van der Waals surface area (Å²) >= 11 is 1.63. The summed E-state index contributed by atoms with van der Waals surface area (Å²) in [7, 11) is 0. The Kier molecular flexibility index (Phi) is 5.50. The summed E-state index contributed by atoms with van der Waals surface area (Å²) in [5.41, 5.74) is 2.18. The van der Waals surface area contributed by atoms with E-state index in [0.717, 1.165) is 16.0 Å². The van der Waals surface area contributed by atoms with E-state index in [-0.39, 0.29) is 12.5 Å². The van der Waals surface area contributed by atoms with Crippen molar-refractivity contribution in [2.45, 2.75) is 44.7 Å². The Morgan fingerprint density at radius 2 is 2.19 bits per heavy atom. The Labute approximate surface area is 162 Å². The maximum atomic E-state index is 13.1. The predicted octanol–water partition coefficient (Wildman–Crippen LogP) is 3.63. The second kappa shape index (κ2) is 8.19. The smallest absolute Gasteiger partial charge is 0.255 e. The highest BCUT2D eigenvalue weighted by Crippen LogP contribution is 2.31. The van der Waals surface area contributed by atoms with Crippen LogP contribution in [-0.2, 0) is 6.54 Å². The number of rotatable bonds is 7. The minimum absolute atomic E-state index is 0.0668. The van der Waals surface area contributed by atoms with Crippen LogP contribution in [0.5, 0.6) is 0 Å². The fraction of sp³-hybridized carbons (Fsp3) is 0.450. The highest BCUT2D eigenvalue weighted by molar-refractivity contribution is 7.09. The van der Waals surface area contributed by atoms with Crippen LogP contribution in [0.1, 0.15) is 53.4 Å². The molecule has 3 aromatic rings. The zero-order chi connectivity index (χ0) is 18.6. The first-order valence-electron chi connectivity index (χ1n) is 9.51. The topological polar surface area (TPSA) is 71.2 Å². The van der Waals surface area contributed by atoms with Crippen LogP contribution < -0.4 is 0 Å². The largest absolute Gasteiger partial charge is 0.396 e. The molecule has 0 unspecified atom stereocenters. The third kappa shape index (κ3) is 3.89. The quantitative estimate of drug-likeness (QED) is 0.675. The zero-order valence-corrected chi connectivity index (χ0v) is 16.1. The minimum atomic E-state index is -0.0679. The average Bonchev–Trinajstić information content (AvgIpc) is 3.45. The summed E-state index contributed by atoms with van der Waals surface area (Å²) in [4.78, 5) is 25.0. The molecule has 1 fully saturated rings. The Bertz CT molecular complexity index is 900. The maximum absolute atomic E-state index is 13.1. The molecule has 27 heavy (non-hydrogen) atoms. The number of amides is 1. The van der Waals surface area contributed by atoms with Gasteiger partial charge in [0, 0.05) is 30.3 Å². The van der Waals surface area contributed by atoms with Gasteiger partial charge in [-0.25, -0.2) is 9.97 Å². The molecular weight excluding hydrogens is 360 g/mol. The van der Waals surface area contributed by atoms with Crippen molar-refractivity contribution in [2.24, 2.45) is 0 Å². The van der Waals surface area contributed by atoms with Crippen molar-refractivity contribution in [3.63, 3.8) is 0 Å². The Balaban J connectivity index is 1.57. The first-order chi connectivity index (χ1) is 13.3. The van der Waals surface area contributed by atoms with E-state index in [9.17, 15) is 9.90 Å². The van der Waals surface area contributed by atoms with Gasteiger partial charge in [0.2, 0.25) is 0 Å². The fourth-order valence-corrected chi connectivity index (χ4v) is 4.49. The Hall–Kier alpha value is -2.25. The second-order valence-corrected chi connectivity index (χ2v) is 8.07. The lowest BCUT2D eigenvalue weighted by Crippen LogP contribution is -2.31. The fourth-order valence-electron chi connectivity index (χ4n) is 3.77. The molecule has 1 saturated carbocycles. The number of nitrogens with zero attached hydrogens (tertiary/aromatic N) is 4. The van der Waals surface area contributed by atoms with Crippen LogP contribution in [0.25, 0.3) is 11.2 Å². The molecule has 0 atom stereocenters. The number of aromatic nitrogens is 3. The molecule has 1 N–H and O–H groups in total. The summed E-state index contributed by atoms with van der Waals surface area (Å²) in [6.07, 6.45) is 8.93. The van der Waals surface area contributed by atoms with Gasteiger partial charge in [-0.3, -0.25) is 4.79 Å². The molecule has 4 rings (SSSR count). The van der Waals surface area contributed by atoms with Crippen LogP contribution in [0.15, 0.2) is 36.1 Å². The van der Waals surface area contributed by atoms with Gasteiger partial charge in [-0.15, -0.1) is 11.3 Å². The molecular formula is C20H24N4O2S. The molecule has 142 valence electrons. The first kappa shape index (κ1) is 18.1. The molecule has 1 amide bonds. The van der Waals surface area contributed by atoms with Gasteiger partial charge < -0.3 is 14.6 Å². The predicted molar refractivity (Wildman–Crippen MR) is 106 cm³/mol. The summed E-state index contributed by atoms with van der Waals surface area (Å²) in [6.45, 7) is 1.13. The highest BCUT2D eigenvalue weighted by atomic mass is 32.1. The second-order valence-electron chi connectivity index (χ2n) is 7.04. The lowest BCUT2D eigenvalue weighted by molar-refractivity contribution is 0.0733. The number of aliphatic hydroxyl groups is 1. The van der Waals surface area contributed by atoms with Crippen LogP contribution in [-0.4, -0.2) is 43.6 Å². The van der Waals surface area contributed by atoms with Gasteiger partial charge in [0.05, 0.1) is 18.4 Å². The van der Waals surface area contributed by atoms with Crippen molar-refractivity contribution in [3.8, 4) is 0 Å². The number of thiophene rings is 1. The third-order valence-corrected chi connectivity index (χ3v) is 6.04.